The van der Waals surface area contributed by atoms with Crippen molar-refractivity contribution in [1.82, 2.24) is 14.6 Å². The molecule has 3 amide bonds. The van der Waals surface area contributed by atoms with E-state index in [1.54, 1.807) is 20.3 Å². The van der Waals surface area contributed by atoms with Crippen molar-refractivity contribution in [3.05, 3.63) is 34.3 Å². The van der Waals surface area contributed by atoms with Crippen LogP contribution in [-0.4, -0.2) is 59.3 Å². The topological polar surface area (TPSA) is 150 Å². The number of hydrogen-bond acceptors (Lipinski definition) is 8. The maximum atomic E-state index is 13.8. The first kappa shape index (κ1) is 28.9. The zero-order valence-electron chi connectivity index (χ0n) is 22.0. The Balaban J connectivity index is 2.49. The van der Waals surface area contributed by atoms with Gasteiger partial charge in [-0.15, -0.1) is 0 Å². The van der Waals surface area contributed by atoms with Gasteiger partial charge in [0.05, 0.1) is 19.9 Å². The molecule has 0 radical (unpaired) electrons. The number of anilines is 1. The van der Waals surface area contributed by atoms with E-state index in [2.05, 4.69) is 9.69 Å². The maximum absolute atomic E-state index is 13.8. The molecule has 10 nitrogen and oxygen atoms in total. The third kappa shape index (κ3) is 7.33. The Morgan fingerprint density at radius 3 is 2.28 bits per heavy atom. The summed E-state index contributed by atoms with van der Waals surface area (Å²) < 4.78 is 14.7. The fourth-order valence-corrected chi connectivity index (χ4v) is 4.48. The molecule has 0 saturated heterocycles. The molecular formula is C25H37N5O5S. The van der Waals surface area contributed by atoms with E-state index < -0.39 is 23.4 Å². The zero-order valence-corrected chi connectivity index (χ0v) is 22.8. The van der Waals surface area contributed by atoms with Crippen LogP contribution >= 0.6 is 11.5 Å². The summed E-state index contributed by atoms with van der Waals surface area (Å²) in [5.41, 5.74) is 11.6. The largest absolute Gasteiger partial charge is 0.493 e. The summed E-state index contributed by atoms with van der Waals surface area (Å²) in [7, 11) is 3.11. The number of nitrogens with one attached hydrogen (secondary N) is 1. The summed E-state index contributed by atoms with van der Waals surface area (Å²) in [4.78, 5) is 40.4. The van der Waals surface area contributed by atoms with Crippen molar-refractivity contribution in [3.63, 3.8) is 0 Å². The van der Waals surface area contributed by atoms with Crippen molar-refractivity contribution in [2.45, 2.75) is 59.0 Å². The van der Waals surface area contributed by atoms with Gasteiger partial charge in [-0.3, -0.25) is 14.4 Å². The molecule has 0 fully saturated rings. The second-order valence-corrected chi connectivity index (χ2v) is 10.7. The number of carbonyl (C=O) groups excluding carboxylic acids is 3. The van der Waals surface area contributed by atoms with Gasteiger partial charge in [-0.05, 0) is 68.8 Å². The zero-order chi connectivity index (χ0) is 27.2. The Labute approximate surface area is 216 Å². The molecule has 0 aliphatic heterocycles. The molecule has 1 atom stereocenters. The summed E-state index contributed by atoms with van der Waals surface area (Å²) in [6.07, 6.45) is 0.867. The van der Waals surface area contributed by atoms with E-state index in [1.807, 2.05) is 46.8 Å². The van der Waals surface area contributed by atoms with Crippen molar-refractivity contribution >= 4 is 34.9 Å². The quantitative estimate of drug-likeness (QED) is 0.413. The summed E-state index contributed by atoms with van der Waals surface area (Å²) in [6, 6.07) is 4.73. The molecule has 1 unspecified atom stereocenters. The first-order valence-electron chi connectivity index (χ1n) is 11.7. The molecule has 0 aliphatic rings. The number of methoxy groups -OCH3 is 2. The van der Waals surface area contributed by atoms with Crippen LogP contribution in [0.15, 0.2) is 18.2 Å². The first-order valence-corrected chi connectivity index (χ1v) is 12.4. The number of carbonyl (C=O) groups is 3. The summed E-state index contributed by atoms with van der Waals surface area (Å²) in [5, 5.41) is 2.99. The van der Waals surface area contributed by atoms with Crippen LogP contribution in [0.1, 0.15) is 66.8 Å². The minimum Gasteiger partial charge on any atom is -0.493 e. The molecule has 0 saturated carbocycles. The van der Waals surface area contributed by atoms with Crippen molar-refractivity contribution < 1.29 is 23.9 Å². The highest BCUT2D eigenvalue weighted by Gasteiger charge is 2.35. The van der Waals surface area contributed by atoms with Crippen LogP contribution < -0.4 is 26.3 Å². The predicted octanol–water partition coefficient (Wildman–Crippen LogP) is 2.86. The molecule has 5 N–H and O–H groups in total. The molecule has 11 heteroatoms. The van der Waals surface area contributed by atoms with E-state index in [9.17, 15) is 14.4 Å². The van der Waals surface area contributed by atoms with Crippen LogP contribution in [0.25, 0.3) is 0 Å². The molecule has 2 rings (SSSR count). The van der Waals surface area contributed by atoms with Gasteiger partial charge in [0.15, 0.2) is 17.2 Å². The van der Waals surface area contributed by atoms with Gasteiger partial charge < -0.3 is 31.2 Å². The van der Waals surface area contributed by atoms with Crippen LogP contribution in [0, 0.1) is 5.92 Å². The first-order chi connectivity index (χ1) is 16.8. The third-order valence-corrected chi connectivity index (χ3v) is 6.23. The summed E-state index contributed by atoms with van der Waals surface area (Å²) in [5.74, 6) is -0.286. The lowest BCUT2D eigenvalue weighted by Gasteiger charge is -2.34. The molecule has 0 spiro atoms. The van der Waals surface area contributed by atoms with Crippen LogP contribution in [-0.2, 0) is 11.2 Å². The van der Waals surface area contributed by atoms with Gasteiger partial charge in [-0.2, -0.15) is 4.37 Å². The fourth-order valence-electron chi connectivity index (χ4n) is 3.72. The van der Waals surface area contributed by atoms with Crippen LogP contribution in [0.3, 0.4) is 0 Å². The van der Waals surface area contributed by atoms with Crippen molar-refractivity contribution in [2.75, 3.05) is 26.5 Å². The van der Waals surface area contributed by atoms with Crippen LogP contribution in [0.5, 0.6) is 11.5 Å². The molecule has 198 valence electrons. The van der Waals surface area contributed by atoms with Crippen LogP contribution in [0.2, 0.25) is 0 Å². The lowest BCUT2D eigenvalue weighted by atomic mass is 9.98. The minimum atomic E-state index is -0.816. The van der Waals surface area contributed by atoms with E-state index in [4.69, 9.17) is 20.9 Å². The van der Waals surface area contributed by atoms with Gasteiger partial charge in [0.2, 0.25) is 5.91 Å². The average molecular weight is 520 g/mol. The lowest BCUT2D eigenvalue weighted by molar-refractivity contribution is -0.127. The standard InChI is InChI=1S/C25H37N5O5S/c1-14(2)12-16(23(32)28-25(3,4)5)30(24(33)21-19(26)20(22(27)31)29-36-21)11-10-15-8-9-17(34-6)18(13-15)35-7/h8-9,13-14,16H,10-12,26H2,1-7H3,(H2,27,31)(H,28,32). The maximum Gasteiger partial charge on any atom is 0.270 e. The number of nitrogens with zero attached hydrogens (tertiary/aromatic N) is 2. The number of benzene rings is 1. The second kappa shape index (κ2) is 12.1. The molecule has 0 bridgehead atoms. The Bertz CT molecular complexity index is 1090. The highest BCUT2D eigenvalue weighted by atomic mass is 32.1. The lowest BCUT2D eigenvalue weighted by Crippen LogP contribution is -2.54. The third-order valence-electron chi connectivity index (χ3n) is 5.38. The van der Waals surface area contributed by atoms with E-state index in [0.717, 1.165) is 17.1 Å². The van der Waals surface area contributed by atoms with Gasteiger partial charge in [0.25, 0.3) is 11.8 Å². The van der Waals surface area contributed by atoms with E-state index in [0.29, 0.717) is 24.3 Å². The average Bonchev–Trinajstić information content (AvgIpc) is 3.18. The highest BCUT2D eigenvalue weighted by Crippen LogP contribution is 2.29. The normalized spacial score (nSPS) is 12.2. The van der Waals surface area contributed by atoms with E-state index in [1.165, 1.54) is 4.90 Å². The van der Waals surface area contributed by atoms with Gasteiger partial charge in [0.1, 0.15) is 10.9 Å². The van der Waals surface area contributed by atoms with Gasteiger partial charge >= 0.3 is 0 Å². The fraction of sp³-hybridized carbons (Fsp3) is 0.520. The monoisotopic (exact) mass is 519 g/mol. The van der Waals surface area contributed by atoms with Gasteiger partial charge in [-0.25, -0.2) is 0 Å². The SMILES string of the molecule is COc1ccc(CCN(C(=O)c2snc(C(N)=O)c2N)C(CC(C)C)C(=O)NC(C)(C)C)cc1OC. The summed E-state index contributed by atoms with van der Waals surface area (Å²) in [6.45, 7) is 9.84. The molecular weight excluding hydrogens is 482 g/mol. The predicted molar refractivity (Wildman–Crippen MR) is 140 cm³/mol. The summed E-state index contributed by atoms with van der Waals surface area (Å²) >= 11 is 0.799. The Morgan fingerprint density at radius 1 is 1.14 bits per heavy atom. The molecule has 1 aromatic heterocycles. The smallest absolute Gasteiger partial charge is 0.270 e. The number of rotatable bonds is 11. The molecule has 1 aromatic carbocycles. The van der Waals surface area contributed by atoms with Gasteiger partial charge in [-0.1, -0.05) is 19.9 Å². The number of nitrogens with two attached hydrogens (primary N) is 2. The number of hydrogen-bond donors (Lipinski definition) is 3. The number of aromatic nitrogens is 1. The van der Waals surface area contributed by atoms with Crippen molar-refractivity contribution in [1.29, 1.82) is 0 Å². The number of primary amides is 1. The highest BCUT2D eigenvalue weighted by molar-refractivity contribution is 7.09. The van der Waals surface area contributed by atoms with E-state index >= 15 is 0 Å². The number of nitrogen functional groups attached to an aromatic ring is 1. The van der Waals surface area contributed by atoms with Gasteiger partial charge in [0, 0.05) is 12.1 Å². The minimum absolute atomic E-state index is 0.0758. The Morgan fingerprint density at radius 2 is 1.78 bits per heavy atom. The van der Waals surface area contributed by atoms with E-state index in [-0.39, 0.29) is 34.6 Å². The number of ether oxygens (including phenoxy) is 2. The molecule has 2 aromatic rings. The second-order valence-electron chi connectivity index (χ2n) is 9.96. The van der Waals surface area contributed by atoms with Crippen LogP contribution in [0.4, 0.5) is 5.69 Å². The van der Waals surface area contributed by atoms with Crippen molar-refractivity contribution in [2.24, 2.45) is 11.7 Å². The number of amides is 3. The Hall–Kier alpha value is -3.34. The Kier molecular flexibility index (Phi) is 9.69. The molecule has 36 heavy (non-hydrogen) atoms. The van der Waals surface area contributed by atoms with Crippen molar-refractivity contribution in [3.8, 4) is 11.5 Å². The molecule has 0 aliphatic carbocycles. The molecule has 1 heterocycles.